The predicted octanol–water partition coefficient (Wildman–Crippen LogP) is 5.63. The summed E-state index contributed by atoms with van der Waals surface area (Å²) in [5.41, 5.74) is 1.91. The number of allylic oxidation sites excluding steroid dienone is 1. The van der Waals surface area contributed by atoms with Gasteiger partial charge in [-0.3, -0.25) is 10.1 Å². The van der Waals surface area contributed by atoms with Crippen LogP contribution in [0.1, 0.15) is 25.3 Å². The molecule has 1 heterocycles. The maximum atomic E-state index is 13.0. The van der Waals surface area contributed by atoms with E-state index < -0.39 is 11.7 Å². The van der Waals surface area contributed by atoms with Gasteiger partial charge in [0.15, 0.2) is 0 Å². The first-order valence-corrected chi connectivity index (χ1v) is 11.0. The van der Waals surface area contributed by atoms with Crippen LogP contribution < -0.4 is 15.6 Å². The molecule has 1 aromatic heterocycles. The van der Waals surface area contributed by atoms with Crippen molar-refractivity contribution >= 4 is 29.5 Å². The monoisotopic (exact) mass is 467 g/mol. The van der Waals surface area contributed by atoms with Crippen molar-refractivity contribution in [2.75, 3.05) is 19.0 Å². The van der Waals surface area contributed by atoms with Gasteiger partial charge >= 0.3 is 6.09 Å². The molecule has 0 radical (unpaired) electrons. The molecule has 0 bridgehead atoms. The van der Waals surface area contributed by atoms with Gasteiger partial charge in [0.05, 0.1) is 26.0 Å². The van der Waals surface area contributed by atoms with Gasteiger partial charge in [-0.05, 0) is 54.4 Å². The normalized spacial score (nSPS) is 10.9. The molecular formula is C25H26ClN3O4. The zero-order chi connectivity index (χ0) is 23.6. The van der Waals surface area contributed by atoms with E-state index in [0.29, 0.717) is 16.5 Å². The van der Waals surface area contributed by atoms with E-state index in [1.807, 2.05) is 43.3 Å². The van der Waals surface area contributed by atoms with Crippen LogP contribution in [-0.2, 0) is 11.3 Å². The number of aromatic nitrogens is 2. The van der Waals surface area contributed by atoms with Gasteiger partial charge in [0.25, 0.3) is 5.56 Å². The lowest BCUT2D eigenvalue weighted by molar-refractivity contribution is 0.160. The second-order valence-corrected chi connectivity index (χ2v) is 7.66. The third-order valence-corrected chi connectivity index (χ3v) is 5.04. The summed E-state index contributed by atoms with van der Waals surface area (Å²) < 4.78 is 11.7. The van der Waals surface area contributed by atoms with Crippen molar-refractivity contribution in [2.45, 2.75) is 26.3 Å². The van der Waals surface area contributed by atoms with Crippen LogP contribution in [0.5, 0.6) is 5.75 Å². The number of hydrogen-bond donors (Lipinski definition) is 1. The number of anilines is 1. The Morgan fingerprint density at radius 1 is 1.15 bits per heavy atom. The predicted molar refractivity (Wildman–Crippen MR) is 131 cm³/mol. The summed E-state index contributed by atoms with van der Waals surface area (Å²) in [7, 11) is 1.59. The number of methoxy groups -OCH3 is 1. The summed E-state index contributed by atoms with van der Waals surface area (Å²) >= 11 is 5.92. The molecule has 2 aromatic carbocycles. The maximum absolute atomic E-state index is 13.0. The van der Waals surface area contributed by atoms with E-state index in [9.17, 15) is 9.59 Å². The average Bonchev–Trinajstić information content (AvgIpc) is 2.83. The zero-order valence-electron chi connectivity index (χ0n) is 18.6. The molecule has 0 atom stereocenters. The first-order chi connectivity index (χ1) is 16.0. The molecule has 0 unspecified atom stereocenters. The molecule has 8 heteroatoms. The minimum absolute atomic E-state index is 0.0946. The molecule has 0 saturated carbocycles. The Morgan fingerprint density at radius 3 is 2.55 bits per heavy atom. The molecule has 3 aromatic rings. The second-order valence-electron chi connectivity index (χ2n) is 7.23. The number of benzene rings is 2. The van der Waals surface area contributed by atoms with Crippen molar-refractivity contribution in [1.29, 1.82) is 0 Å². The minimum Gasteiger partial charge on any atom is -0.497 e. The number of nitrogens with zero attached hydrogens (tertiary/aromatic N) is 2. The van der Waals surface area contributed by atoms with E-state index >= 15 is 0 Å². The van der Waals surface area contributed by atoms with E-state index in [1.54, 1.807) is 37.4 Å². The Kier molecular flexibility index (Phi) is 8.66. The number of carbonyl (C=O) groups excluding carboxylic acids is 1. The van der Waals surface area contributed by atoms with Crippen LogP contribution in [0, 0.1) is 0 Å². The summed E-state index contributed by atoms with van der Waals surface area (Å²) in [6.07, 6.45) is 4.67. The minimum atomic E-state index is -0.671. The highest BCUT2D eigenvalue weighted by Crippen LogP contribution is 2.22. The van der Waals surface area contributed by atoms with E-state index in [1.165, 1.54) is 4.68 Å². The molecule has 172 valence electrons. The lowest BCUT2D eigenvalue weighted by Gasteiger charge is -2.11. The Balaban J connectivity index is 1.89. The summed E-state index contributed by atoms with van der Waals surface area (Å²) in [6.45, 7) is 2.50. The fourth-order valence-electron chi connectivity index (χ4n) is 2.98. The molecule has 3 rings (SSSR count). The van der Waals surface area contributed by atoms with Crippen molar-refractivity contribution in [3.05, 3.63) is 81.6 Å². The largest absolute Gasteiger partial charge is 0.497 e. The van der Waals surface area contributed by atoms with Crippen LogP contribution in [0.15, 0.2) is 65.5 Å². The molecule has 0 aliphatic heterocycles. The topological polar surface area (TPSA) is 82.4 Å². The number of rotatable bonds is 9. The first kappa shape index (κ1) is 24.1. The van der Waals surface area contributed by atoms with E-state index in [0.717, 1.165) is 24.0 Å². The van der Waals surface area contributed by atoms with Crippen molar-refractivity contribution in [2.24, 2.45) is 0 Å². The van der Waals surface area contributed by atoms with Gasteiger partial charge in [-0.25, -0.2) is 9.48 Å². The standard InChI is InChI=1S/C25H26ClN3O4/c1-3-4-16-33-25(31)27-23-17-22(19-9-13-21(32-2)14-10-19)28-29(24(23)30)15-5-6-18-7-11-20(26)12-8-18/h5-14,17H,3-4,15-16H2,1-2H3,(H,27,31)/b6-5+. The fourth-order valence-corrected chi connectivity index (χ4v) is 3.10. The van der Waals surface area contributed by atoms with Crippen molar-refractivity contribution in [1.82, 2.24) is 9.78 Å². The quantitative estimate of drug-likeness (QED) is 0.412. The summed E-state index contributed by atoms with van der Waals surface area (Å²) in [6, 6.07) is 16.2. The highest BCUT2D eigenvalue weighted by Gasteiger charge is 2.13. The number of halogens is 1. The number of carbonyl (C=O) groups is 1. The number of ether oxygens (including phenoxy) is 2. The van der Waals surface area contributed by atoms with E-state index in [-0.39, 0.29) is 18.8 Å². The number of nitrogens with one attached hydrogen (secondary N) is 1. The van der Waals surface area contributed by atoms with Crippen LogP contribution in [0.25, 0.3) is 17.3 Å². The summed E-state index contributed by atoms with van der Waals surface area (Å²) in [5, 5.41) is 7.70. The van der Waals surface area contributed by atoms with Crippen LogP contribution in [0.4, 0.5) is 10.5 Å². The Labute approximate surface area is 197 Å². The second kappa shape index (κ2) is 11.9. The van der Waals surface area contributed by atoms with Gasteiger partial charge in [-0.2, -0.15) is 5.10 Å². The Hall–Kier alpha value is -3.58. The van der Waals surface area contributed by atoms with Crippen molar-refractivity contribution in [3.8, 4) is 17.0 Å². The molecule has 0 spiro atoms. The highest BCUT2D eigenvalue weighted by atomic mass is 35.5. The molecule has 0 aliphatic carbocycles. The first-order valence-electron chi connectivity index (χ1n) is 10.6. The molecule has 0 saturated heterocycles. The van der Waals surface area contributed by atoms with Crippen LogP contribution in [0.2, 0.25) is 5.02 Å². The third kappa shape index (κ3) is 6.95. The zero-order valence-corrected chi connectivity index (χ0v) is 19.3. The molecule has 7 nitrogen and oxygen atoms in total. The van der Waals surface area contributed by atoms with Gasteiger partial charge in [-0.15, -0.1) is 0 Å². The lowest BCUT2D eigenvalue weighted by atomic mass is 10.1. The van der Waals surface area contributed by atoms with Crippen molar-refractivity contribution < 1.29 is 14.3 Å². The highest BCUT2D eigenvalue weighted by molar-refractivity contribution is 6.30. The molecule has 1 amide bonds. The van der Waals surface area contributed by atoms with Gasteiger partial charge < -0.3 is 9.47 Å². The van der Waals surface area contributed by atoms with Crippen LogP contribution in [0.3, 0.4) is 0 Å². The SMILES string of the molecule is CCCCOC(=O)Nc1cc(-c2ccc(OC)cc2)nn(C/C=C/c2ccc(Cl)cc2)c1=O. The van der Waals surface area contributed by atoms with Gasteiger partial charge in [0.2, 0.25) is 0 Å². The smallest absolute Gasteiger partial charge is 0.411 e. The van der Waals surface area contributed by atoms with Crippen LogP contribution in [-0.4, -0.2) is 29.6 Å². The number of unbranched alkanes of at least 4 members (excludes halogenated alkanes) is 1. The molecular weight excluding hydrogens is 442 g/mol. The van der Waals surface area contributed by atoms with Gasteiger partial charge in [0, 0.05) is 10.6 Å². The van der Waals surface area contributed by atoms with E-state index in [2.05, 4.69) is 10.4 Å². The van der Waals surface area contributed by atoms with Crippen molar-refractivity contribution in [3.63, 3.8) is 0 Å². The molecule has 0 aliphatic rings. The van der Waals surface area contributed by atoms with Crippen LogP contribution >= 0.6 is 11.6 Å². The van der Waals surface area contributed by atoms with Gasteiger partial charge in [0.1, 0.15) is 11.4 Å². The lowest BCUT2D eigenvalue weighted by Crippen LogP contribution is -2.28. The van der Waals surface area contributed by atoms with E-state index in [4.69, 9.17) is 21.1 Å². The number of hydrogen-bond acceptors (Lipinski definition) is 5. The Morgan fingerprint density at radius 2 is 1.88 bits per heavy atom. The maximum Gasteiger partial charge on any atom is 0.411 e. The average molecular weight is 468 g/mol. The number of amides is 1. The molecule has 33 heavy (non-hydrogen) atoms. The molecule has 1 N–H and O–H groups in total. The summed E-state index contributed by atoms with van der Waals surface area (Å²) in [5.74, 6) is 0.704. The summed E-state index contributed by atoms with van der Waals surface area (Å²) in [4.78, 5) is 25.1. The molecule has 0 fully saturated rings. The fraction of sp³-hybridized carbons (Fsp3) is 0.240. The Bertz CT molecular complexity index is 1160. The van der Waals surface area contributed by atoms with Gasteiger partial charge in [-0.1, -0.05) is 49.2 Å². The third-order valence-electron chi connectivity index (χ3n) is 4.79.